The number of carbonyl (C=O) groups excluding carboxylic acids is 1. The van der Waals surface area contributed by atoms with Crippen LogP contribution < -0.4 is 0 Å². The standard InChI is InChI=1S/C6H8F3NO2/c1-12-5(11)3-2-4(10)6(7,8)9/h10H,2-3H2,1H3. The summed E-state index contributed by atoms with van der Waals surface area (Å²) in [6, 6.07) is 0. The summed E-state index contributed by atoms with van der Waals surface area (Å²) >= 11 is 0. The van der Waals surface area contributed by atoms with E-state index in [2.05, 4.69) is 4.74 Å². The van der Waals surface area contributed by atoms with Crippen molar-refractivity contribution in [3.63, 3.8) is 0 Å². The highest BCUT2D eigenvalue weighted by molar-refractivity contribution is 5.89. The summed E-state index contributed by atoms with van der Waals surface area (Å²) in [6.07, 6.45) is -5.67. The molecule has 0 aliphatic carbocycles. The number of rotatable bonds is 3. The molecule has 0 aliphatic heterocycles. The van der Waals surface area contributed by atoms with Crippen LogP contribution in [0.4, 0.5) is 13.2 Å². The molecule has 0 unspecified atom stereocenters. The lowest BCUT2D eigenvalue weighted by atomic mass is 10.2. The van der Waals surface area contributed by atoms with Crippen molar-refractivity contribution in [1.29, 1.82) is 5.41 Å². The van der Waals surface area contributed by atoms with E-state index < -0.39 is 30.7 Å². The fourth-order valence-corrected chi connectivity index (χ4v) is 0.471. The van der Waals surface area contributed by atoms with Gasteiger partial charge in [-0.25, -0.2) is 0 Å². The van der Waals surface area contributed by atoms with Crippen LogP contribution in [0.1, 0.15) is 12.8 Å². The van der Waals surface area contributed by atoms with Gasteiger partial charge in [0, 0.05) is 6.42 Å². The van der Waals surface area contributed by atoms with Gasteiger partial charge in [-0.3, -0.25) is 4.79 Å². The number of carbonyl (C=O) groups is 1. The van der Waals surface area contributed by atoms with Crippen LogP contribution in [-0.2, 0) is 9.53 Å². The molecular formula is C6H8F3NO2. The largest absolute Gasteiger partial charge is 0.469 e. The van der Waals surface area contributed by atoms with Gasteiger partial charge >= 0.3 is 12.1 Å². The molecule has 0 aromatic rings. The molecule has 0 aliphatic rings. The molecule has 12 heavy (non-hydrogen) atoms. The van der Waals surface area contributed by atoms with Crippen LogP contribution in [0.5, 0.6) is 0 Å². The highest BCUT2D eigenvalue weighted by atomic mass is 19.4. The second-order valence-corrected chi connectivity index (χ2v) is 2.05. The lowest BCUT2D eigenvalue weighted by Gasteiger charge is -2.06. The van der Waals surface area contributed by atoms with Gasteiger partial charge in [0.05, 0.1) is 13.5 Å². The van der Waals surface area contributed by atoms with Gasteiger partial charge in [-0.05, 0) is 0 Å². The second-order valence-electron chi connectivity index (χ2n) is 2.05. The van der Waals surface area contributed by atoms with Crippen molar-refractivity contribution < 1.29 is 22.7 Å². The zero-order valence-corrected chi connectivity index (χ0v) is 6.36. The van der Waals surface area contributed by atoms with E-state index in [1.807, 2.05) is 0 Å². The number of methoxy groups -OCH3 is 1. The minimum Gasteiger partial charge on any atom is -0.469 e. The molecule has 0 saturated carbocycles. The molecule has 0 radical (unpaired) electrons. The second kappa shape index (κ2) is 4.08. The number of hydrogen-bond acceptors (Lipinski definition) is 3. The lowest BCUT2D eigenvalue weighted by Crippen LogP contribution is -2.22. The summed E-state index contributed by atoms with van der Waals surface area (Å²) in [5.74, 6) is -0.746. The van der Waals surface area contributed by atoms with Crippen molar-refractivity contribution >= 4 is 11.7 Å². The molecule has 0 aromatic carbocycles. The first-order chi connectivity index (χ1) is 5.38. The van der Waals surface area contributed by atoms with Crippen molar-refractivity contribution in [1.82, 2.24) is 0 Å². The van der Waals surface area contributed by atoms with Crippen molar-refractivity contribution in [3.05, 3.63) is 0 Å². The number of nitrogens with one attached hydrogen (secondary N) is 1. The van der Waals surface area contributed by atoms with Crippen molar-refractivity contribution in [2.45, 2.75) is 19.0 Å². The zero-order valence-electron chi connectivity index (χ0n) is 6.36. The number of halogens is 3. The highest BCUT2D eigenvalue weighted by Crippen LogP contribution is 2.18. The number of alkyl halides is 3. The Balaban J connectivity index is 3.81. The smallest absolute Gasteiger partial charge is 0.428 e. The molecule has 0 aromatic heterocycles. The summed E-state index contributed by atoms with van der Waals surface area (Å²) in [6.45, 7) is 0. The molecule has 0 heterocycles. The Hall–Kier alpha value is -1.07. The van der Waals surface area contributed by atoms with Crippen molar-refractivity contribution in [2.24, 2.45) is 0 Å². The minimum atomic E-state index is -4.63. The third-order valence-corrected chi connectivity index (χ3v) is 1.15. The van der Waals surface area contributed by atoms with E-state index in [1.165, 1.54) is 0 Å². The molecule has 0 spiro atoms. The Morgan fingerprint density at radius 1 is 1.42 bits per heavy atom. The number of ether oxygens (including phenoxy) is 1. The normalized spacial score (nSPS) is 11.0. The van der Waals surface area contributed by atoms with Gasteiger partial charge in [-0.1, -0.05) is 0 Å². The monoisotopic (exact) mass is 183 g/mol. The topological polar surface area (TPSA) is 50.2 Å². The van der Waals surface area contributed by atoms with Gasteiger partial charge in [0.15, 0.2) is 0 Å². The van der Waals surface area contributed by atoms with E-state index in [9.17, 15) is 18.0 Å². The summed E-state index contributed by atoms with van der Waals surface area (Å²) in [5.41, 5.74) is -1.41. The lowest BCUT2D eigenvalue weighted by molar-refractivity contribution is -0.140. The zero-order chi connectivity index (χ0) is 9.78. The van der Waals surface area contributed by atoms with E-state index in [1.54, 1.807) is 0 Å². The minimum absolute atomic E-state index is 0.408. The third kappa shape index (κ3) is 3.95. The maximum atomic E-state index is 11.6. The Morgan fingerprint density at radius 2 is 1.92 bits per heavy atom. The molecule has 0 amide bonds. The molecule has 3 nitrogen and oxygen atoms in total. The average molecular weight is 183 g/mol. The van der Waals surface area contributed by atoms with Gasteiger partial charge in [-0.15, -0.1) is 0 Å². The van der Waals surface area contributed by atoms with E-state index >= 15 is 0 Å². The van der Waals surface area contributed by atoms with Crippen LogP contribution in [0, 0.1) is 5.41 Å². The SMILES string of the molecule is COC(=O)CCC(=N)C(F)(F)F. The van der Waals surface area contributed by atoms with Crippen LogP contribution in [-0.4, -0.2) is 25.0 Å². The Morgan fingerprint density at radius 3 is 2.25 bits per heavy atom. The quantitative estimate of drug-likeness (QED) is 0.532. The summed E-state index contributed by atoms with van der Waals surface area (Å²) < 4.78 is 39.0. The third-order valence-electron chi connectivity index (χ3n) is 1.15. The van der Waals surface area contributed by atoms with Gasteiger partial charge in [-0.2, -0.15) is 13.2 Å². The molecular weight excluding hydrogens is 175 g/mol. The Bertz CT molecular complexity index is 188. The molecule has 6 heteroatoms. The van der Waals surface area contributed by atoms with Crippen LogP contribution in [0.25, 0.3) is 0 Å². The van der Waals surface area contributed by atoms with Gasteiger partial charge < -0.3 is 10.1 Å². The maximum Gasteiger partial charge on any atom is 0.428 e. The van der Waals surface area contributed by atoms with Crippen LogP contribution >= 0.6 is 0 Å². The predicted octanol–water partition coefficient (Wildman–Crippen LogP) is 1.52. The fraction of sp³-hybridized carbons (Fsp3) is 0.667. The molecule has 1 N–H and O–H groups in total. The highest BCUT2D eigenvalue weighted by Gasteiger charge is 2.33. The Labute approximate surface area is 67.0 Å². The maximum absolute atomic E-state index is 11.6. The number of esters is 1. The first kappa shape index (κ1) is 10.9. The predicted molar refractivity (Wildman–Crippen MR) is 35.0 cm³/mol. The first-order valence-electron chi connectivity index (χ1n) is 3.09. The van der Waals surface area contributed by atoms with E-state index in [4.69, 9.17) is 5.41 Å². The van der Waals surface area contributed by atoms with Crippen LogP contribution in [0.3, 0.4) is 0 Å². The van der Waals surface area contributed by atoms with E-state index in [0.29, 0.717) is 0 Å². The van der Waals surface area contributed by atoms with E-state index in [0.717, 1.165) is 7.11 Å². The average Bonchev–Trinajstić information content (AvgIpc) is 1.97. The molecule has 70 valence electrons. The fourth-order valence-electron chi connectivity index (χ4n) is 0.471. The van der Waals surface area contributed by atoms with Crippen LogP contribution in [0.2, 0.25) is 0 Å². The first-order valence-corrected chi connectivity index (χ1v) is 3.09. The summed E-state index contributed by atoms with van der Waals surface area (Å²) in [4.78, 5) is 10.4. The molecule has 0 bridgehead atoms. The van der Waals surface area contributed by atoms with Gasteiger partial charge in [0.25, 0.3) is 0 Å². The molecule has 0 rings (SSSR count). The van der Waals surface area contributed by atoms with Gasteiger partial charge in [0.2, 0.25) is 0 Å². The van der Waals surface area contributed by atoms with Gasteiger partial charge in [0.1, 0.15) is 5.71 Å². The van der Waals surface area contributed by atoms with Crippen molar-refractivity contribution in [2.75, 3.05) is 7.11 Å². The van der Waals surface area contributed by atoms with Crippen molar-refractivity contribution in [3.8, 4) is 0 Å². The summed E-state index contributed by atoms with van der Waals surface area (Å²) in [7, 11) is 1.08. The van der Waals surface area contributed by atoms with E-state index in [-0.39, 0.29) is 0 Å². The molecule has 0 fully saturated rings. The number of hydrogen-bond donors (Lipinski definition) is 1. The summed E-state index contributed by atoms with van der Waals surface area (Å²) in [5, 5.41) is 6.48. The Kier molecular flexibility index (Phi) is 3.72. The molecule has 0 saturated heterocycles. The molecule has 0 atom stereocenters. The van der Waals surface area contributed by atoms with Crippen LogP contribution in [0.15, 0.2) is 0 Å².